The van der Waals surface area contributed by atoms with Crippen molar-refractivity contribution in [3.8, 4) is 0 Å². The first-order valence-electron chi connectivity index (χ1n) is 10.4. The monoisotopic (exact) mass is 381 g/mol. The Bertz CT molecular complexity index is 520. The van der Waals surface area contributed by atoms with Crippen molar-refractivity contribution < 1.29 is 19.1 Å². The van der Waals surface area contributed by atoms with Crippen LogP contribution >= 0.6 is 0 Å². The summed E-state index contributed by atoms with van der Waals surface area (Å²) in [5.74, 6) is 0.459. The first kappa shape index (κ1) is 20.4. The van der Waals surface area contributed by atoms with Crippen LogP contribution in [0.4, 0.5) is 4.79 Å². The Labute approximate surface area is 162 Å². The van der Waals surface area contributed by atoms with E-state index in [0.717, 1.165) is 51.9 Å². The lowest BCUT2D eigenvalue weighted by atomic mass is 9.83. The van der Waals surface area contributed by atoms with E-state index in [1.807, 2.05) is 25.7 Å². The molecule has 2 saturated heterocycles. The molecule has 1 unspecified atom stereocenters. The van der Waals surface area contributed by atoms with Crippen molar-refractivity contribution in [1.29, 1.82) is 0 Å². The van der Waals surface area contributed by atoms with E-state index in [1.165, 1.54) is 0 Å². The van der Waals surface area contributed by atoms with E-state index in [9.17, 15) is 9.59 Å². The van der Waals surface area contributed by atoms with E-state index in [1.54, 1.807) is 4.90 Å². The molecule has 3 fully saturated rings. The summed E-state index contributed by atoms with van der Waals surface area (Å²) in [6.45, 7) is 11.6. The van der Waals surface area contributed by atoms with Gasteiger partial charge in [0.15, 0.2) is 0 Å². The van der Waals surface area contributed by atoms with Gasteiger partial charge in [-0.25, -0.2) is 4.79 Å². The maximum atomic E-state index is 12.8. The van der Waals surface area contributed by atoms with Crippen molar-refractivity contribution in [1.82, 2.24) is 14.7 Å². The predicted octanol–water partition coefficient (Wildman–Crippen LogP) is 1.96. The first-order valence-corrected chi connectivity index (χ1v) is 10.4. The van der Waals surface area contributed by atoms with Gasteiger partial charge in [0.25, 0.3) is 0 Å². The Balaban J connectivity index is 1.48. The zero-order valence-electron chi connectivity index (χ0n) is 17.1. The van der Waals surface area contributed by atoms with E-state index < -0.39 is 5.60 Å². The van der Waals surface area contributed by atoms with Gasteiger partial charge in [-0.2, -0.15) is 0 Å². The van der Waals surface area contributed by atoms with E-state index in [0.29, 0.717) is 38.3 Å². The Morgan fingerprint density at radius 2 is 1.59 bits per heavy atom. The summed E-state index contributed by atoms with van der Waals surface area (Å²) in [5.41, 5.74) is -0.454. The number of piperazine rings is 1. The second-order valence-electron chi connectivity index (χ2n) is 8.96. The van der Waals surface area contributed by atoms with Gasteiger partial charge in [0.1, 0.15) is 5.60 Å². The average Bonchev–Trinajstić information content (AvgIpc) is 2.67. The van der Waals surface area contributed by atoms with Gasteiger partial charge in [0.05, 0.1) is 13.2 Å². The molecule has 3 rings (SSSR count). The molecule has 0 aromatic carbocycles. The Morgan fingerprint density at radius 3 is 2.22 bits per heavy atom. The second-order valence-corrected chi connectivity index (χ2v) is 8.96. The fourth-order valence-electron chi connectivity index (χ4n) is 4.36. The van der Waals surface area contributed by atoms with Gasteiger partial charge in [0, 0.05) is 51.2 Å². The molecule has 2 amide bonds. The fourth-order valence-corrected chi connectivity index (χ4v) is 4.36. The summed E-state index contributed by atoms with van der Waals surface area (Å²) in [6.07, 6.45) is 4.00. The third kappa shape index (κ3) is 5.57. The molecule has 2 aliphatic heterocycles. The van der Waals surface area contributed by atoms with Crippen LogP contribution in [0.2, 0.25) is 0 Å². The van der Waals surface area contributed by atoms with Gasteiger partial charge in [0.2, 0.25) is 5.91 Å². The molecule has 7 nitrogen and oxygen atoms in total. The van der Waals surface area contributed by atoms with Gasteiger partial charge < -0.3 is 19.3 Å². The van der Waals surface area contributed by atoms with Crippen LogP contribution < -0.4 is 0 Å². The molecular formula is C20H35N3O4. The molecule has 0 aromatic heterocycles. The standard InChI is InChI=1S/C20H35N3O4/c1-20(2,3)27-19(25)23-9-7-21(8-10-23)17-6-4-5-16(15-17)18(24)22-11-13-26-14-12-22/h16-17H,4-15H2,1-3H3/t16-,17?/m1/s1. The molecule has 7 heteroatoms. The number of rotatable bonds is 2. The largest absolute Gasteiger partial charge is 0.444 e. The van der Waals surface area contributed by atoms with Gasteiger partial charge >= 0.3 is 6.09 Å². The first-order chi connectivity index (χ1) is 12.8. The third-order valence-electron chi connectivity index (χ3n) is 5.80. The minimum Gasteiger partial charge on any atom is -0.444 e. The summed E-state index contributed by atoms with van der Waals surface area (Å²) in [4.78, 5) is 31.3. The molecule has 3 aliphatic rings. The lowest BCUT2D eigenvalue weighted by Gasteiger charge is -2.43. The summed E-state index contributed by atoms with van der Waals surface area (Å²) in [7, 11) is 0. The Hall–Kier alpha value is -1.34. The zero-order chi connectivity index (χ0) is 19.4. The number of nitrogens with zero attached hydrogens (tertiary/aromatic N) is 3. The number of hydrogen-bond acceptors (Lipinski definition) is 5. The minimum absolute atomic E-state index is 0.144. The molecule has 1 aliphatic carbocycles. The second kappa shape index (κ2) is 8.78. The maximum Gasteiger partial charge on any atom is 0.410 e. The molecule has 0 bridgehead atoms. The van der Waals surface area contributed by atoms with Gasteiger partial charge in [-0.3, -0.25) is 9.69 Å². The fraction of sp³-hybridized carbons (Fsp3) is 0.900. The van der Waals surface area contributed by atoms with Crippen LogP contribution in [-0.4, -0.2) is 90.8 Å². The van der Waals surface area contributed by atoms with E-state index in [4.69, 9.17) is 9.47 Å². The van der Waals surface area contributed by atoms with Crippen molar-refractivity contribution in [2.24, 2.45) is 5.92 Å². The van der Waals surface area contributed by atoms with Crippen molar-refractivity contribution in [3.63, 3.8) is 0 Å². The number of carbonyl (C=O) groups excluding carboxylic acids is 2. The quantitative estimate of drug-likeness (QED) is 0.732. The van der Waals surface area contributed by atoms with Crippen molar-refractivity contribution in [2.75, 3.05) is 52.5 Å². The van der Waals surface area contributed by atoms with Crippen LogP contribution in [0.3, 0.4) is 0 Å². The summed E-state index contributed by atoms with van der Waals surface area (Å²) in [6, 6.07) is 0.453. The van der Waals surface area contributed by atoms with Crippen LogP contribution in [0.5, 0.6) is 0 Å². The number of morpholine rings is 1. The van der Waals surface area contributed by atoms with Crippen LogP contribution in [-0.2, 0) is 14.3 Å². The van der Waals surface area contributed by atoms with Crippen LogP contribution in [0.25, 0.3) is 0 Å². The number of hydrogen-bond donors (Lipinski definition) is 0. The van der Waals surface area contributed by atoms with Crippen LogP contribution in [0.1, 0.15) is 46.5 Å². The molecular weight excluding hydrogens is 346 g/mol. The van der Waals surface area contributed by atoms with E-state index >= 15 is 0 Å². The van der Waals surface area contributed by atoms with Crippen LogP contribution in [0, 0.1) is 5.92 Å². The highest BCUT2D eigenvalue weighted by atomic mass is 16.6. The molecule has 154 valence electrons. The van der Waals surface area contributed by atoms with Gasteiger partial charge in [-0.05, 0) is 40.0 Å². The topological polar surface area (TPSA) is 62.3 Å². The van der Waals surface area contributed by atoms with E-state index in [-0.39, 0.29) is 12.0 Å². The Morgan fingerprint density at radius 1 is 0.926 bits per heavy atom. The number of ether oxygens (including phenoxy) is 2. The molecule has 0 N–H and O–H groups in total. The summed E-state index contributed by atoms with van der Waals surface area (Å²) >= 11 is 0. The van der Waals surface area contributed by atoms with Crippen molar-refractivity contribution in [3.05, 3.63) is 0 Å². The molecule has 2 heterocycles. The highest BCUT2D eigenvalue weighted by Crippen LogP contribution is 2.30. The summed E-state index contributed by atoms with van der Waals surface area (Å²) in [5, 5.41) is 0. The highest BCUT2D eigenvalue weighted by Gasteiger charge is 2.35. The maximum absolute atomic E-state index is 12.8. The number of amides is 2. The lowest BCUT2D eigenvalue weighted by molar-refractivity contribution is -0.141. The molecule has 0 spiro atoms. The smallest absolute Gasteiger partial charge is 0.410 e. The zero-order valence-corrected chi connectivity index (χ0v) is 17.1. The highest BCUT2D eigenvalue weighted by molar-refractivity contribution is 5.79. The SMILES string of the molecule is CC(C)(C)OC(=O)N1CCN(C2CCC[C@@H](C(=O)N3CCOCC3)C2)CC1. The molecule has 27 heavy (non-hydrogen) atoms. The summed E-state index contributed by atoms with van der Waals surface area (Å²) < 4.78 is 10.9. The molecule has 1 saturated carbocycles. The van der Waals surface area contributed by atoms with Crippen molar-refractivity contribution in [2.45, 2.75) is 58.1 Å². The van der Waals surface area contributed by atoms with Gasteiger partial charge in [-0.15, -0.1) is 0 Å². The van der Waals surface area contributed by atoms with E-state index in [2.05, 4.69) is 4.90 Å². The van der Waals surface area contributed by atoms with Crippen molar-refractivity contribution >= 4 is 12.0 Å². The lowest BCUT2D eigenvalue weighted by Crippen LogP contribution is -2.54. The third-order valence-corrected chi connectivity index (χ3v) is 5.80. The Kier molecular flexibility index (Phi) is 6.63. The predicted molar refractivity (Wildman–Crippen MR) is 103 cm³/mol. The molecule has 0 radical (unpaired) electrons. The molecule has 2 atom stereocenters. The average molecular weight is 382 g/mol. The minimum atomic E-state index is -0.454. The number of carbonyl (C=O) groups is 2. The van der Waals surface area contributed by atoms with Gasteiger partial charge in [-0.1, -0.05) is 6.42 Å². The molecule has 0 aromatic rings. The van der Waals surface area contributed by atoms with Crippen LogP contribution in [0.15, 0.2) is 0 Å². The normalized spacial score (nSPS) is 28.1.